The molecule has 0 saturated carbocycles. The number of aryl methyl sites for hydroxylation is 1. The van der Waals surface area contributed by atoms with E-state index in [0.29, 0.717) is 12.1 Å². The van der Waals surface area contributed by atoms with Crippen LogP contribution in [-0.2, 0) is 6.42 Å². The molecule has 1 saturated heterocycles. The maximum atomic E-state index is 5.93. The second-order valence-corrected chi connectivity index (χ2v) is 5.79. The minimum atomic E-state index is 0.490. The van der Waals surface area contributed by atoms with Gasteiger partial charge in [-0.3, -0.25) is 4.90 Å². The summed E-state index contributed by atoms with van der Waals surface area (Å²) in [6.45, 7) is 6.54. The summed E-state index contributed by atoms with van der Waals surface area (Å²) in [6.07, 6.45) is 6.31. The first kappa shape index (κ1) is 14.5. The van der Waals surface area contributed by atoms with Gasteiger partial charge in [-0.2, -0.15) is 0 Å². The summed E-state index contributed by atoms with van der Waals surface area (Å²) in [5.41, 5.74) is 8.81. The van der Waals surface area contributed by atoms with Crippen molar-refractivity contribution in [2.24, 2.45) is 5.73 Å². The Balaban J connectivity index is 2.06. The van der Waals surface area contributed by atoms with Crippen LogP contribution >= 0.6 is 0 Å². The highest BCUT2D eigenvalue weighted by atomic mass is 15.2. The van der Waals surface area contributed by atoms with Gasteiger partial charge < -0.3 is 5.73 Å². The average Bonchev–Trinajstić information content (AvgIpc) is 2.47. The van der Waals surface area contributed by atoms with E-state index in [1.165, 1.54) is 49.8 Å². The fourth-order valence-electron chi connectivity index (χ4n) is 3.23. The number of nitrogens with two attached hydrogens (primary N) is 1. The Hall–Kier alpha value is -0.860. The number of rotatable bonds is 5. The molecule has 19 heavy (non-hydrogen) atoms. The molecule has 1 aromatic rings. The number of piperidine rings is 1. The van der Waals surface area contributed by atoms with Crippen molar-refractivity contribution in [3.63, 3.8) is 0 Å². The molecule has 0 radical (unpaired) electrons. The summed E-state index contributed by atoms with van der Waals surface area (Å²) >= 11 is 0. The number of likely N-dealkylation sites (tertiary alicyclic amines) is 1. The molecule has 0 aromatic heterocycles. The standard InChI is InChI=1S/C17H28N2/c1-3-6-15-8-10-16(11-9-15)14(2)19-12-5-4-7-17(19)13-18/h8-11,14,17H,3-7,12-13,18H2,1-2H3. The molecular weight excluding hydrogens is 232 g/mol. The first-order chi connectivity index (χ1) is 9.26. The van der Waals surface area contributed by atoms with Crippen molar-refractivity contribution in [3.8, 4) is 0 Å². The van der Waals surface area contributed by atoms with Crippen molar-refractivity contribution in [2.75, 3.05) is 13.1 Å². The van der Waals surface area contributed by atoms with E-state index < -0.39 is 0 Å². The molecule has 0 amide bonds. The Bertz CT molecular complexity index is 371. The molecule has 0 bridgehead atoms. The van der Waals surface area contributed by atoms with Crippen LogP contribution in [0.2, 0.25) is 0 Å². The van der Waals surface area contributed by atoms with Crippen LogP contribution in [0.1, 0.15) is 56.7 Å². The largest absolute Gasteiger partial charge is 0.329 e. The zero-order valence-corrected chi connectivity index (χ0v) is 12.4. The van der Waals surface area contributed by atoms with Gasteiger partial charge in [-0.05, 0) is 43.9 Å². The van der Waals surface area contributed by atoms with E-state index >= 15 is 0 Å². The summed E-state index contributed by atoms with van der Waals surface area (Å²) in [4.78, 5) is 2.60. The topological polar surface area (TPSA) is 29.3 Å². The third-order valence-electron chi connectivity index (χ3n) is 4.44. The van der Waals surface area contributed by atoms with E-state index in [1.54, 1.807) is 0 Å². The Kier molecular flexibility index (Phi) is 5.41. The first-order valence-corrected chi connectivity index (χ1v) is 7.81. The van der Waals surface area contributed by atoms with Crippen LogP contribution in [-0.4, -0.2) is 24.0 Å². The third kappa shape index (κ3) is 3.58. The normalized spacial score (nSPS) is 22.4. The summed E-state index contributed by atoms with van der Waals surface area (Å²) < 4.78 is 0. The SMILES string of the molecule is CCCc1ccc(C(C)N2CCCCC2CN)cc1. The number of nitrogens with zero attached hydrogens (tertiary/aromatic N) is 1. The Labute approximate surface area is 118 Å². The highest BCUT2D eigenvalue weighted by Crippen LogP contribution is 2.28. The second kappa shape index (κ2) is 7.06. The van der Waals surface area contributed by atoms with Crippen molar-refractivity contribution in [1.82, 2.24) is 4.90 Å². The second-order valence-electron chi connectivity index (χ2n) is 5.79. The Morgan fingerprint density at radius 1 is 1.26 bits per heavy atom. The average molecular weight is 260 g/mol. The highest BCUT2D eigenvalue weighted by Gasteiger charge is 2.26. The third-order valence-corrected chi connectivity index (χ3v) is 4.44. The number of benzene rings is 1. The predicted octanol–water partition coefficient (Wildman–Crippen LogP) is 3.51. The quantitative estimate of drug-likeness (QED) is 0.878. The lowest BCUT2D eigenvalue weighted by atomic mass is 9.96. The minimum absolute atomic E-state index is 0.490. The zero-order chi connectivity index (χ0) is 13.7. The molecule has 2 heteroatoms. The van der Waals surface area contributed by atoms with Gasteiger partial charge >= 0.3 is 0 Å². The van der Waals surface area contributed by atoms with Crippen molar-refractivity contribution < 1.29 is 0 Å². The smallest absolute Gasteiger partial charge is 0.0323 e. The molecule has 0 aliphatic carbocycles. The first-order valence-electron chi connectivity index (χ1n) is 7.81. The van der Waals surface area contributed by atoms with E-state index in [2.05, 4.69) is 43.0 Å². The molecule has 1 aromatic carbocycles. The molecule has 2 rings (SSSR count). The summed E-state index contributed by atoms with van der Waals surface area (Å²) in [7, 11) is 0. The van der Waals surface area contributed by atoms with Gasteiger partial charge in [0.25, 0.3) is 0 Å². The molecule has 1 heterocycles. The lowest BCUT2D eigenvalue weighted by molar-refractivity contribution is 0.108. The maximum absolute atomic E-state index is 5.93. The molecule has 1 fully saturated rings. The Morgan fingerprint density at radius 2 is 2.00 bits per heavy atom. The van der Waals surface area contributed by atoms with Gasteiger partial charge in [-0.1, -0.05) is 44.0 Å². The molecular formula is C17H28N2. The zero-order valence-electron chi connectivity index (χ0n) is 12.4. The lowest BCUT2D eigenvalue weighted by Gasteiger charge is -2.39. The van der Waals surface area contributed by atoms with Gasteiger partial charge in [-0.15, -0.1) is 0 Å². The van der Waals surface area contributed by atoms with Gasteiger partial charge in [0.1, 0.15) is 0 Å². The lowest BCUT2D eigenvalue weighted by Crippen LogP contribution is -2.45. The summed E-state index contributed by atoms with van der Waals surface area (Å²) in [6, 6.07) is 10.2. The van der Waals surface area contributed by atoms with Crippen molar-refractivity contribution >= 4 is 0 Å². The maximum Gasteiger partial charge on any atom is 0.0323 e. The molecule has 2 unspecified atom stereocenters. The minimum Gasteiger partial charge on any atom is -0.329 e. The van der Waals surface area contributed by atoms with Gasteiger partial charge in [-0.25, -0.2) is 0 Å². The van der Waals surface area contributed by atoms with Crippen LogP contribution in [0.25, 0.3) is 0 Å². The van der Waals surface area contributed by atoms with E-state index in [9.17, 15) is 0 Å². The molecule has 106 valence electrons. The van der Waals surface area contributed by atoms with Gasteiger partial charge in [0, 0.05) is 18.6 Å². The van der Waals surface area contributed by atoms with E-state index in [1.807, 2.05) is 0 Å². The predicted molar refractivity (Wildman–Crippen MR) is 82.3 cm³/mol. The fourth-order valence-corrected chi connectivity index (χ4v) is 3.23. The summed E-state index contributed by atoms with van der Waals surface area (Å²) in [5, 5.41) is 0. The molecule has 2 nitrogen and oxygen atoms in total. The molecule has 1 aliphatic heterocycles. The van der Waals surface area contributed by atoms with E-state index in [0.717, 1.165) is 6.54 Å². The van der Waals surface area contributed by atoms with Crippen LogP contribution in [0.4, 0.5) is 0 Å². The van der Waals surface area contributed by atoms with Crippen LogP contribution in [0.5, 0.6) is 0 Å². The fraction of sp³-hybridized carbons (Fsp3) is 0.647. The van der Waals surface area contributed by atoms with Crippen molar-refractivity contribution in [1.29, 1.82) is 0 Å². The molecule has 2 atom stereocenters. The molecule has 1 aliphatic rings. The van der Waals surface area contributed by atoms with E-state index in [-0.39, 0.29) is 0 Å². The molecule has 0 spiro atoms. The van der Waals surface area contributed by atoms with Crippen LogP contribution in [0.3, 0.4) is 0 Å². The molecule has 2 N–H and O–H groups in total. The van der Waals surface area contributed by atoms with Gasteiger partial charge in [0.15, 0.2) is 0 Å². The van der Waals surface area contributed by atoms with Crippen molar-refractivity contribution in [2.45, 2.75) is 58.0 Å². The summed E-state index contributed by atoms with van der Waals surface area (Å²) in [5.74, 6) is 0. The van der Waals surface area contributed by atoms with E-state index in [4.69, 9.17) is 5.73 Å². The van der Waals surface area contributed by atoms with Crippen molar-refractivity contribution in [3.05, 3.63) is 35.4 Å². The highest BCUT2D eigenvalue weighted by molar-refractivity contribution is 5.25. The Morgan fingerprint density at radius 3 is 2.63 bits per heavy atom. The van der Waals surface area contributed by atoms with Crippen LogP contribution in [0.15, 0.2) is 24.3 Å². The van der Waals surface area contributed by atoms with Gasteiger partial charge in [0.05, 0.1) is 0 Å². The number of hydrogen-bond acceptors (Lipinski definition) is 2. The van der Waals surface area contributed by atoms with Crippen LogP contribution in [0, 0.1) is 0 Å². The van der Waals surface area contributed by atoms with Gasteiger partial charge in [0.2, 0.25) is 0 Å². The monoisotopic (exact) mass is 260 g/mol. The number of hydrogen-bond donors (Lipinski definition) is 1. The van der Waals surface area contributed by atoms with Crippen LogP contribution < -0.4 is 5.73 Å².